The van der Waals surface area contributed by atoms with E-state index in [4.69, 9.17) is 9.47 Å². The smallest absolute Gasteiger partial charge is 0.338 e. The van der Waals surface area contributed by atoms with E-state index in [0.717, 1.165) is 0 Å². The van der Waals surface area contributed by atoms with Crippen LogP contribution in [-0.4, -0.2) is 36.6 Å². The van der Waals surface area contributed by atoms with Crippen LogP contribution >= 0.6 is 0 Å². The van der Waals surface area contributed by atoms with Gasteiger partial charge in [0.2, 0.25) is 11.8 Å². The molecule has 3 heterocycles. The molecule has 2 saturated heterocycles. The van der Waals surface area contributed by atoms with Gasteiger partial charge in [0.15, 0.2) is 0 Å². The molecule has 2 fully saturated rings. The van der Waals surface area contributed by atoms with Crippen LogP contribution in [-0.2, 0) is 19.1 Å². The summed E-state index contributed by atoms with van der Waals surface area (Å²) in [5.74, 6) is -1.91. The lowest BCUT2D eigenvalue weighted by molar-refractivity contribution is -0.124. The van der Waals surface area contributed by atoms with Gasteiger partial charge in [0.05, 0.1) is 41.9 Å². The van der Waals surface area contributed by atoms with Gasteiger partial charge in [0.25, 0.3) is 0 Å². The standard InChI is InChI=1S/C17H15NO5/c1-2-22-17(21)9-4-3-5-10(8-9)18-15(19)13-11-6-7-12(23-11)14(13)16(18)20/h3-8,11-14H,2H2,1H3/t11-,12-,13-,14+/m0/s1. The number of amides is 2. The first-order valence-corrected chi connectivity index (χ1v) is 7.60. The summed E-state index contributed by atoms with van der Waals surface area (Å²) in [4.78, 5) is 38.4. The summed E-state index contributed by atoms with van der Waals surface area (Å²) in [6.45, 7) is 1.99. The van der Waals surface area contributed by atoms with Crippen molar-refractivity contribution >= 4 is 23.5 Å². The van der Waals surface area contributed by atoms with Crippen molar-refractivity contribution in [2.75, 3.05) is 11.5 Å². The zero-order valence-corrected chi connectivity index (χ0v) is 12.5. The monoisotopic (exact) mass is 313 g/mol. The minimum Gasteiger partial charge on any atom is -0.462 e. The van der Waals surface area contributed by atoms with Crippen molar-refractivity contribution in [3.8, 4) is 0 Å². The molecule has 3 aliphatic rings. The summed E-state index contributed by atoms with van der Waals surface area (Å²) >= 11 is 0. The average Bonchev–Trinajstić information content (AvgIpc) is 3.22. The summed E-state index contributed by atoms with van der Waals surface area (Å²) in [7, 11) is 0. The Morgan fingerprint density at radius 1 is 1.17 bits per heavy atom. The largest absolute Gasteiger partial charge is 0.462 e. The van der Waals surface area contributed by atoms with Crippen molar-refractivity contribution < 1.29 is 23.9 Å². The van der Waals surface area contributed by atoms with Gasteiger partial charge < -0.3 is 9.47 Å². The number of hydrogen-bond acceptors (Lipinski definition) is 5. The van der Waals surface area contributed by atoms with E-state index in [-0.39, 0.29) is 30.6 Å². The highest BCUT2D eigenvalue weighted by Gasteiger charge is 2.61. The molecule has 3 aliphatic heterocycles. The fourth-order valence-electron chi connectivity index (χ4n) is 3.54. The Hall–Kier alpha value is -2.47. The molecule has 6 nitrogen and oxygen atoms in total. The number of ether oxygens (including phenoxy) is 2. The van der Waals surface area contributed by atoms with Crippen LogP contribution in [0.1, 0.15) is 17.3 Å². The number of benzene rings is 1. The molecule has 0 aromatic heterocycles. The molecule has 0 aliphatic carbocycles. The minimum atomic E-state index is -0.473. The van der Waals surface area contributed by atoms with Crippen LogP contribution in [0.4, 0.5) is 5.69 Å². The highest BCUT2D eigenvalue weighted by atomic mass is 16.5. The van der Waals surface area contributed by atoms with E-state index in [9.17, 15) is 14.4 Å². The van der Waals surface area contributed by atoms with Gasteiger partial charge in [-0.05, 0) is 25.1 Å². The van der Waals surface area contributed by atoms with Crippen molar-refractivity contribution in [2.45, 2.75) is 19.1 Å². The molecule has 0 saturated carbocycles. The van der Waals surface area contributed by atoms with Crippen molar-refractivity contribution in [1.82, 2.24) is 0 Å². The molecule has 0 radical (unpaired) electrons. The minimum absolute atomic E-state index is 0.265. The van der Waals surface area contributed by atoms with E-state index in [0.29, 0.717) is 11.3 Å². The van der Waals surface area contributed by atoms with E-state index in [1.807, 2.05) is 12.2 Å². The van der Waals surface area contributed by atoms with Crippen LogP contribution < -0.4 is 4.90 Å². The number of rotatable bonds is 3. The van der Waals surface area contributed by atoms with Gasteiger partial charge in [-0.2, -0.15) is 0 Å². The Kier molecular flexibility index (Phi) is 3.09. The fourth-order valence-corrected chi connectivity index (χ4v) is 3.54. The number of nitrogens with zero attached hydrogens (tertiary/aromatic N) is 1. The lowest BCUT2D eigenvalue weighted by Gasteiger charge is -2.18. The van der Waals surface area contributed by atoms with E-state index in [1.165, 1.54) is 11.0 Å². The van der Waals surface area contributed by atoms with Gasteiger partial charge >= 0.3 is 5.97 Å². The third-order valence-electron chi connectivity index (χ3n) is 4.53. The second-order valence-corrected chi connectivity index (χ2v) is 5.78. The first kappa shape index (κ1) is 14.1. The summed E-state index contributed by atoms with van der Waals surface area (Å²) in [6.07, 6.45) is 3.05. The Morgan fingerprint density at radius 3 is 2.43 bits per heavy atom. The number of hydrogen-bond donors (Lipinski definition) is 0. The van der Waals surface area contributed by atoms with Gasteiger partial charge in [0, 0.05) is 0 Å². The molecular weight excluding hydrogens is 298 g/mol. The number of imide groups is 1. The van der Waals surface area contributed by atoms with E-state index >= 15 is 0 Å². The number of carbonyl (C=O) groups excluding carboxylic acids is 3. The Bertz CT molecular complexity index is 710. The Labute approximate surface area is 132 Å². The third kappa shape index (κ3) is 1.95. The van der Waals surface area contributed by atoms with Crippen LogP contribution in [0.3, 0.4) is 0 Å². The summed E-state index contributed by atoms with van der Waals surface area (Å²) in [5.41, 5.74) is 0.721. The highest BCUT2D eigenvalue weighted by molar-refractivity contribution is 6.23. The van der Waals surface area contributed by atoms with Crippen molar-refractivity contribution in [2.24, 2.45) is 11.8 Å². The van der Waals surface area contributed by atoms with Crippen LogP contribution in [0, 0.1) is 11.8 Å². The maximum atomic E-state index is 12.7. The average molecular weight is 313 g/mol. The molecule has 1 aromatic carbocycles. The van der Waals surface area contributed by atoms with Crippen molar-refractivity contribution in [3.05, 3.63) is 42.0 Å². The highest BCUT2D eigenvalue weighted by Crippen LogP contribution is 2.46. The van der Waals surface area contributed by atoms with Gasteiger partial charge in [-0.3, -0.25) is 9.59 Å². The first-order chi connectivity index (χ1) is 11.1. The maximum absolute atomic E-state index is 12.7. The summed E-state index contributed by atoms with van der Waals surface area (Å²) < 4.78 is 10.6. The molecule has 4 rings (SSSR count). The van der Waals surface area contributed by atoms with Crippen molar-refractivity contribution in [3.63, 3.8) is 0 Å². The summed E-state index contributed by atoms with van der Waals surface area (Å²) in [6, 6.07) is 6.40. The molecule has 4 atom stereocenters. The molecular formula is C17H15NO5. The lowest BCUT2D eigenvalue weighted by Crippen LogP contribution is -2.34. The van der Waals surface area contributed by atoms with Gasteiger partial charge in [-0.15, -0.1) is 0 Å². The maximum Gasteiger partial charge on any atom is 0.338 e. The Morgan fingerprint density at radius 2 is 1.83 bits per heavy atom. The second-order valence-electron chi connectivity index (χ2n) is 5.78. The van der Waals surface area contributed by atoms with E-state index in [1.54, 1.807) is 25.1 Å². The number of carbonyl (C=O) groups is 3. The lowest BCUT2D eigenvalue weighted by atomic mass is 9.85. The van der Waals surface area contributed by atoms with Gasteiger partial charge in [-0.25, -0.2) is 9.69 Å². The third-order valence-corrected chi connectivity index (χ3v) is 4.53. The summed E-state index contributed by atoms with van der Waals surface area (Å²) in [5, 5.41) is 0. The van der Waals surface area contributed by atoms with Crippen molar-refractivity contribution in [1.29, 1.82) is 0 Å². The molecule has 2 bridgehead atoms. The van der Waals surface area contributed by atoms with Gasteiger partial charge in [-0.1, -0.05) is 18.2 Å². The molecule has 23 heavy (non-hydrogen) atoms. The topological polar surface area (TPSA) is 72.9 Å². The second kappa shape index (κ2) is 5.03. The van der Waals surface area contributed by atoms with Crippen LogP contribution in [0.15, 0.2) is 36.4 Å². The SMILES string of the molecule is CCOC(=O)c1cccc(N2C(=O)[C@@H]3[C@H](C2=O)[C@@H]2C=C[C@@H]3O2)c1. The molecule has 0 unspecified atom stereocenters. The van der Waals surface area contributed by atoms with E-state index < -0.39 is 17.8 Å². The number of anilines is 1. The van der Waals surface area contributed by atoms with E-state index in [2.05, 4.69) is 0 Å². The predicted octanol–water partition coefficient (Wildman–Crippen LogP) is 1.31. The molecule has 118 valence electrons. The van der Waals surface area contributed by atoms with Gasteiger partial charge in [0.1, 0.15) is 0 Å². The Balaban J connectivity index is 1.67. The quantitative estimate of drug-likeness (QED) is 0.478. The van der Waals surface area contributed by atoms with Crippen LogP contribution in [0.2, 0.25) is 0 Å². The zero-order valence-electron chi connectivity index (χ0n) is 12.5. The molecule has 1 aromatic rings. The predicted molar refractivity (Wildman–Crippen MR) is 79.7 cm³/mol. The number of esters is 1. The normalized spacial score (nSPS) is 30.9. The first-order valence-electron chi connectivity index (χ1n) is 7.60. The fraction of sp³-hybridized carbons (Fsp3) is 0.353. The molecule has 2 amide bonds. The van der Waals surface area contributed by atoms with Crippen LogP contribution in [0.5, 0.6) is 0 Å². The number of fused-ring (bicyclic) bond motifs is 5. The molecule has 0 spiro atoms. The molecule has 6 heteroatoms. The van der Waals surface area contributed by atoms with Crippen LogP contribution in [0.25, 0.3) is 0 Å². The zero-order chi connectivity index (χ0) is 16.1. The molecule has 0 N–H and O–H groups in total.